The first-order chi connectivity index (χ1) is 14.6. The average molecular weight is 408 g/mol. The summed E-state index contributed by atoms with van der Waals surface area (Å²) < 4.78 is 10.3. The van der Waals surface area contributed by atoms with Gasteiger partial charge in [0.2, 0.25) is 11.8 Å². The van der Waals surface area contributed by atoms with Gasteiger partial charge >= 0.3 is 0 Å². The van der Waals surface area contributed by atoms with Gasteiger partial charge in [0.1, 0.15) is 18.4 Å². The molecule has 0 radical (unpaired) electrons. The van der Waals surface area contributed by atoms with Crippen LogP contribution in [-0.4, -0.2) is 68.1 Å². The summed E-state index contributed by atoms with van der Waals surface area (Å²) in [5, 5.41) is 0. The number of hydrogen-bond acceptors (Lipinski definition) is 4. The van der Waals surface area contributed by atoms with E-state index in [-0.39, 0.29) is 18.4 Å². The van der Waals surface area contributed by atoms with Crippen LogP contribution in [0.15, 0.2) is 61.2 Å². The van der Waals surface area contributed by atoms with E-state index in [2.05, 4.69) is 6.58 Å². The van der Waals surface area contributed by atoms with E-state index in [9.17, 15) is 9.59 Å². The van der Waals surface area contributed by atoms with Crippen molar-refractivity contribution >= 4 is 11.8 Å². The molecule has 2 aromatic rings. The molecule has 0 spiro atoms. The van der Waals surface area contributed by atoms with Crippen LogP contribution >= 0.6 is 0 Å². The molecule has 158 valence electrons. The van der Waals surface area contributed by atoms with Gasteiger partial charge in [0.05, 0.1) is 7.11 Å². The molecule has 3 rings (SSSR count). The SMILES string of the molecule is C=CCN1CCN(C(=O)COC)[C@H](Cc2ccc(-c3cccc(OC)c3)cc2)C1=O. The van der Waals surface area contributed by atoms with Crippen LogP contribution in [-0.2, 0) is 20.7 Å². The van der Waals surface area contributed by atoms with Gasteiger partial charge in [0.25, 0.3) is 0 Å². The number of amides is 2. The summed E-state index contributed by atoms with van der Waals surface area (Å²) in [7, 11) is 3.13. The molecule has 1 fully saturated rings. The average Bonchev–Trinajstić information content (AvgIpc) is 2.77. The Labute approximate surface area is 177 Å². The van der Waals surface area contributed by atoms with E-state index in [0.717, 1.165) is 22.4 Å². The topological polar surface area (TPSA) is 59.1 Å². The van der Waals surface area contributed by atoms with E-state index in [4.69, 9.17) is 9.47 Å². The lowest BCUT2D eigenvalue weighted by Crippen LogP contribution is -2.60. The molecule has 6 heteroatoms. The minimum absolute atomic E-state index is 0.0278. The van der Waals surface area contributed by atoms with Gasteiger partial charge in [0, 0.05) is 33.2 Å². The van der Waals surface area contributed by atoms with E-state index in [0.29, 0.717) is 26.1 Å². The van der Waals surface area contributed by atoms with E-state index in [1.54, 1.807) is 23.0 Å². The second kappa shape index (κ2) is 10.1. The maximum atomic E-state index is 13.0. The van der Waals surface area contributed by atoms with Gasteiger partial charge in [0.15, 0.2) is 0 Å². The lowest BCUT2D eigenvalue weighted by atomic mass is 9.98. The Kier molecular flexibility index (Phi) is 7.25. The smallest absolute Gasteiger partial charge is 0.249 e. The number of rotatable bonds is 8. The lowest BCUT2D eigenvalue weighted by molar-refractivity contribution is -0.152. The number of benzene rings is 2. The molecule has 0 N–H and O–H groups in total. The Morgan fingerprint density at radius 1 is 1.13 bits per heavy atom. The number of carbonyl (C=O) groups excluding carboxylic acids is 2. The number of methoxy groups -OCH3 is 2. The fourth-order valence-corrected chi connectivity index (χ4v) is 3.74. The monoisotopic (exact) mass is 408 g/mol. The fourth-order valence-electron chi connectivity index (χ4n) is 3.74. The Balaban J connectivity index is 1.80. The van der Waals surface area contributed by atoms with Gasteiger partial charge in [-0.3, -0.25) is 9.59 Å². The Hall–Kier alpha value is -3.12. The maximum Gasteiger partial charge on any atom is 0.249 e. The highest BCUT2D eigenvalue weighted by molar-refractivity contribution is 5.89. The molecular weight excluding hydrogens is 380 g/mol. The minimum atomic E-state index is -0.538. The van der Waals surface area contributed by atoms with Crippen LogP contribution in [0.2, 0.25) is 0 Å². The zero-order valence-electron chi connectivity index (χ0n) is 17.5. The zero-order valence-corrected chi connectivity index (χ0v) is 17.5. The van der Waals surface area contributed by atoms with Crippen molar-refractivity contribution < 1.29 is 19.1 Å². The summed E-state index contributed by atoms with van der Waals surface area (Å²) in [5.74, 6) is 0.587. The molecule has 1 aliphatic rings. The van der Waals surface area contributed by atoms with Crippen LogP contribution in [0.5, 0.6) is 5.75 Å². The zero-order chi connectivity index (χ0) is 21.5. The Bertz CT molecular complexity index is 894. The molecule has 0 bridgehead atoms. The predicted molar refractivity (Wildman–Crippen MR) is 116 cm³/mol. The van der Waals surface area contributed by atoms with Crippen molar-refractivity contribution in [2.75, 3.05) is 40.5 Å². The fraction of sp³-hybridized carbons (Fsp3) is 0.333. The molecule has 1 heterocycles. The van der Waals surface area contributed by atoms with Gasteiger partial charge in [-0.15, -0.1) is 6.58 Å². The van der Waals surface area contributed by atoms with Gasteiger partial charge in [-0.2, -0.15) is 0 Å². The first kappa shape index (κ1) is 21.6. The molecule has 1 atom stereocenters. The molecule has 2 amide bonds. The maximum absolute atomic E-state index is 13.0. The van der Waals surface area contributed by atoms with Crippen LogP contribution in [0.3, 0.4) is 0 Å². The van der Waals surface area contributed by atoms with Crippen molar-refractivity contribution in [1.82, 2.24) is 9.80 Å². The molecule has 1 saturated heterocycles. The van der Waals surface area contributed by atoms with Crippen molar-refractivity contribution in [2.24, 2.45) is 0 Å². The molecule has 0 aliphatic carbocycles. The number of nitrogens with zero attached hydrogens (tertiary/aromatic N) is 2. The van der Waals surface area contributed by atoms with Gasteiger partial charge in [-0.05, 0) is 28.8 Å². The highest BCUT2D eigenvalue weighted by Gasteiger charge is 2.36. The standard InChI is InChI=1S/C24H28N2O4/c1-4-12-25-13-14-26(23(27)17-29-2)22(24(25)28)15-18-8-10-19(11-9-18)20-6-5-7-21(16-20)30-3/h4-11,16,22H,1,12-15,17H2,2-3H3/t22-/m1/s1. The summed E-state index contributed by atoms with van der Waals surface area (Å²) in [4.78, 5) is 28.9. The van der Waals surface area contributed by atoms with Crippen molar-refractivity contribution in [3.05, 3.63) is 66.7 Å². The number of hydrogen-bond donors (Lipinski definition) is 0. The van der Waals surface area contributed by atoms with Gasteiger partial charge < -0.3 is 19.3 Å². The van der Waals surface area contributed by atoms with E-state index in [1.165, 1.54) is 7.11 Å². The largest absolute Gasteiger partial charge is 0.497 e. The van der Waals surface area contributed by atoms with Gasteiger partial charge in [-0.1, -0.05) is 42.5 Å². The molecule has 2 aromatic carbocycles. The van der Waals surface area contributed by atoms with Crippen LogP contribution in [0.25, 0.3) is 11.1 Å². The van der Waals surface area contributed by atoms with Crippen molar-refractivity contribution in [3.63, 3.8) is 0 Å². The quantitative estimate of drug-likeness (QED) is 0.631. The summed E-state index contributed by atoms with van der Waals surface area (Å²) in [6.07, 6.45) is 2.17. The van der Waals surface area contributed by atoms with Gasteiger partial charge in [-0.25, -0.2) is 0 Å². The predicted octanol–water partition coefficient (Wildman–Crippen LogP) is 2.78. The highest BCUT2D eigenvalue weighted by Crippen LogP contribution is 2.25. The second-order valence-corrected chi connectivity index (χ2v) is 7.24. The van der Waals surface area contributed by atoms with Crippen LogP contribution in [0, 0.1) is 0 Å². The normalized spacial score (nSPS) is 16.5. The number of carbonyl (C=O) groups is 2. The molecule has 0 saturated carbocycles. The third-order valence-electron chi connectivity index (χ3n) is 5.31. The molecule has 1 aliphatic heterocycles. The summed E-state index contributed by atoms with van der Waals surface area (Å²) in [6.45, 7) is 5.18. The van der Waals surface area contributed by atoms with Crippen molar-refractivity contribution in [3.8, 4) is 16.9 Å². The Morgan fingerprint density at radius 2 is 1.90 bits per heavy atom. The van der Waals surface area contributed by atoms with E-state index in [1.807, 2.05) is 48.5 Å². The van der Waals surface area contributed by atoms with E-state index < -0.39 is 6.04 Å². The first-order valence-electron chi connectivity index (χ1n) is 9.98. The third kappa shape index (κ3) is 4.89. The molecule has 0 aromatic heterocycles. The van der Waals surface area contributed by atoms with E-state index >= 15 is 0 Å². The highest BCUT2D eigenvalue weighted by atomic mass is 16.5. The molecule has 6 nitrogen and oxygen atoms in total. The Morgan fingerprint density at radius 3 is 2.57 bits per heavy atom. The first-order valence-corrected chi connectivity index (χ1v) is 9.98. The van der Waals surface area contributed by atoms with Crippen molar-refractivity contribution in [1.29, 1.82) is 0 Å². The van der Waals surface area contributed by atoms with Crippen LogP contribution in [0.4, 0.5) is 0 Å². The van der Waals surface area contributed by atoms with Crippen LogP contribution in [0.1, 0.15) is 5.56 Å². The molecule has 30 heavy (non-hydrogen) atoms. The summed E-state index contributed by atoms with van der Waals surface area (Å²) in [6, 6.07) is 15.4. The molecular formula is C24H28N2O4. The van der Waals surface area contributed by atoms with Crippen LogP contribution < -0.4 is 4.74 Å². The third-order valence-corrected chi connectivity index (χ3v) is 5.31. The van der Waals surface area contributed by atoms with Crippen molar-refractivity contribution in [2.45, 2.75) is 12.5 Å². The number of piperazine rings is 1. The minimum Gasteiger partial charge on any atom is -0.497 e. The lowest BCUT2D eigenvalue weighted by Gasteiger charge is -2.40. The second-order valence-electron chi connectivity index (χ2n) is 7.24. The molecule has 0 unspecified atom stereocenters. The summed E-state index contributed by atoms with van der Waals surface area (Å²) in [5.41, 5.74) is 3.12. The summed E-state index contributed by atoms with van der Waals surface area (Å²) >= 11 is 0. The number of ether oxygens (including phenoxy) is 2.